The first-order chi connectivity index (χ1) is 9.99. The zero-order valence-electron chi connectivity index (χ0n) is 11.3. The number of allylic oxidation sites excluding steroid dienone is 1. The van der Waals surface area contributed by atoms with Gasteiger partial charge < -0.3 is 10.4 Å². The molecule has 1 aromatic carbocycles. The molecule has 2 N–H and O–H groups in total. The molecule has 6 heteroatoms. The lowest BCUT2D eigenvalue weighted by molar-refractivity contribution is -0.143. The molecule has 1 aromatic rings. The van der Waals surface area contributed by atoms with Crippen molar-refractivity contribution in [3.8, 4) is 0 Å². The molecule has 1 unspecified atom stereocenters. The van der Waals surface area contributed by atoms with Gasteiger partial charge in [0.25, 0.3) is 0 Å². The number of carboxylic acid groups (broad SMARTS) is 1. The smallest absolute Gasteiger partial charge is 0.326 e. The lowest BCUT2D eigenvalue weighted by atomic mass is 10.1. The zero-order valence-corrected chi connectivity index (χ0v) is 11.3. The Morgan fingerprint density at radius 3 is 2.48 bits per heavy atom. The maximum atomic E-state index is 12.2. The standard InChI is InChI=1S/C15H17F2NO3/c16-13(17)10-12(15(20)21)18-14(19)9-5-4-8-11-6-2-1-3-7-11/h1-4,6-8,12-13H,5,9-10H2,(H,18,19)(H,20,21)/b8-4+. The number of carboxylic acids is 1. The molecule has 0 heterocycles. The van der Waals surface area contributed by atoms with Crippen molar-refractivity contribution < 1.29 is 23.5 Å². The van der Waals surface area contributed by atoms with Crippen LogP contribution in [0.25, 0.3) is 6.08 Å². The van der Waals surface area contributed by atoms with Gasteiger partial charge in [-0.3, -0.25) is 4.79 Å². The van der Waals surface area contributed by atoms with Crippen molar-refractivity contribution >= 4 is 18.0 Å². The monoisotopic (exact) mass is 297 g/mol. The Morgan fingerprint density at radius 2 is 1.90 bits per heavy atom. The van der Waals surface area contributed by atoms with Gasteiger partial charge in [0.15, 0.2) is 0 Å². The molecular formula is C15H17F2NO3. The fraction of sp³-hybridized carbons (Fsp3) is 0.333. The second-order valence-corrected chi connectivity index (χ2v) is 4.44. The quantitative estimate of drug-likeness (QED) is 0.775. The van der Waals surface area contributed by atoms with Crippen LogP contribution in [0.4, 0.5) is 8.78 Å². The van der Waals surface area contributed by atoms with E-state index in [1.807, 2.05) is 36.4 Å². The highest BCUT2D eigenvalue weighted by atomic mass is 19.3. The number of rotatable bonds is 8. The van der Waals surface area contributed by atoms with E-state index in [9.17, 15) is 18.4 Å². The molecule has 0 bridgehead atoms. The van der Waals surface area contributed by atoms with E-state index in [1.54, 1.807) is 6.08 Å². The Kier molecular flexibility index (Phi) is 7.08. The molecule has 1 rings (SSSR count). The molecule has 0 spiro atoms. The van der Waals surface area contributed by atoms with Crippen molar-refractivity contribution in [1.29, 1.82) is 0 Å². The van der Waals surface area contributed by atoms with Gasteiger partial charge in [-0.2, -0.15) is 0 Å². The minimum absolute atomic E-state index is 0.0519. The van der Waals surface area contributed by atoms with Gasteiger partial charge in [-0.05, 0) is 12.0 Å². The van der Waals surface area contributed by atoms with Crippen LogP contribution in [0, 0.1) is 0 Å². The van der Waals surface area contributed by atoms with Gasteiger partial charge in [0, 0.05) is 12.8 Å². The Labute approximate surface area is 121 Å². The molecule has 0 saturated carbocycles. The van der Waals surface area contributed by atoms with Crippen LogP contribution < -0.4 is 5.32 Å². The summed E-state index contributed by atoms with van der Waals surface area (Å²) in [6.07, 6.45) is 0.405. The molecule has 1 amide bonds. The second kappa shape index (κ2) is 8.84. The van der Waals surface area contributed by atoms with Gasteiger partial charge in [0.1, 0.15) is 6.04 Å². The largest absolute Gasteiger partial charge is 0.480 e. The number of carbonyl (C=O) groups excluding carboxylic acids is 1. The first-order valence-corrected chi connectivity index (χ1v) is 6.51. The zero-order chi connectivity index (χ0) is 15.7. The summed E-state index contributed by atoms with van der Waals surface area (Å²) in [5.41, 5.74) is 0.985. The molecule has 114 valence electrons. The number of alkyl halides is 2. The highest BCUT2D eigenvalue weighted by molar-refractivity contribution is 5.83. The number of halogens is 2. The van der Waals surface area contributed by atoms with Crippen LogP contribution >= 0.6 is 0 Å². The van der Waals surface area contributed by atoms with Crippen LogP contribution in [0.5, 0.6) is 0 Å². The van der Waals surface area contributed by atoms with Gasteiger partial charge in [-0.1, -0.05) is 42.5 Å². The summed E-state index contributed by atoms with van der Waals surface area (Å²) in [6, 6.07) is 7.91. The van der Waals surface area contributed by atoms with E-state index in [0.717, 1.165) is 5.56 Å². The molecule has 0 aromatic heterocycles. The number of hydrogen-bond donors (Lipinski definition) is 2. The van der Waals surface area contributed by atoms with Crippen LogP contribution in [0.15, 0.2) is 36.4 Å². The summed E-state index contributed by atoms with van der Waals surface area (Å²) in [7, 11) is 0. The maximum absolute atomic E-state index is 12.2. The van der Waals surface area contributed by atoms with E-state index in [0.29, 0.717) is 6.42 Å². The van der Waals surface area contributed by atoms with Crippen LogP contribution in [0.2, 0.25) is 0 Å². The molecule has 4 nitrogen and oxygen atoms in total. The molecule has 0 radical (unpaired) electrons. The fourth-order valence-corrected chi connectivity index (χ4v) is 1.66. The summed E-state index contributed by atoms with van der Waals surface area (Å²) >= 11 is 0. The summed E-state index contributed by atoms with van der Waals surface area (Å²) < 4.78 is 24.3. The van der Waals surface area contributed by atoms with Gasteiger partial charge in [-0.15, -0.1) is 0 Å². The van der Waals surface area contributed by atoms with E-state index in [4.69, 9.17) is 5.11 Å². The van der Waals surface area contributed by atoms with Gasteiger partial charge in [0.05, 0.1) is 0 Å². The Bertz CT molecular complexity index is 489. The molecular weight excluding hydrogens is 280 g/mol. The van der Waals surface area contributed by atoms with E-state index >= 15 is 0 Å². The van der Waals surface area contributed by atoms with E-state index in [2.05, 4.69) is 5.32 Å². The average molecular weight is 297 g/mol. The van der Waals surface area contributed by atoms with Gasteiger partial charge >= 0.3 is 5.97 Å². The lowest BCUT2D eigenvalue weighted by Crippen LogP contribution is -2.41. The summed E-state index contributed by atoms with van der Waals surface area (Å²) in [4.78, 5) is 22.2. The van der Waals surface area contributed by atoms with Crippen LogP contribution in [0.3, 0.4) is 0 Å². The van der Waals surface area contributed by atoms with Gasteiger partial charge in [0.2, 0.25) is 12.3 Å². The van der Waals surface area contributed by atoms with Gasteiger partial charge in [-0.25, -0.2) is 13.6 Å². The van der Waals surface area contributed by atoms with Crippen LogP contribution in [-0.4, -0.2) is 29.5 Å². The van der Waals surface area contributed by atoms with Crippen molar-refractivity contribution in [2.24, 2.45) is 0 Å². The lowest BCUT2D eigenvalue weighted by Gasteiger charge is -2.13. The van der Waals surface area contributed by atoms with Crippen molar-refractivity contribution in [3.05, 3.63) is 42.0 Å². The molecule has 1 atom stereocenters. The predicted molar refractivity (Wildman–Crippen MR) is 74.9 cm³/mol. The molecule has 0 fully saturated rings. The Hall–Kier alpha value is -2.24. The molecule has 0 aliphatic carbocycles. The predicted octanol–water partition coefficient (Wildman–Crippen LogP) is 2.70. The molecule has 0 aliphatic rings. The van der Waals surface area contributed by atoms with E-state index < -0.39 is 30.8 Å². The third-order valence-corrected chi connectivity index (χ3v) is 2.70. The maximum Gasteiger partial charge on any atom is 0.326 e. The molecule has 0 saturated heterocycles. The normalized spacial score (nSPS) is 12.5. The summed E-state index contributed by atoms with van der Waals surface area (Å²) in [6.45, 7) is 0. The van der Waals surface area contributed by atoms with Crippen molar-refractivity contribution in [2.45, 2.75) is 31.7 Å². The highest BCUT2D eigenvalue weighted by Crippen LogP contribution is 2.06. The fourth-order valence-electron chi connectivity index (χ4n) is 1.66. The number of benzene rings is 1. The number of aliphatic carboxylic acids is 1. The molecule has 21 heavy (non-hydrogen) atoms. The summed E-state index contributed by atoms with van der Waals surface area (Å²) in [5.74, 6) is -2.01. The first kappa shape index (κ1) is 16.8. The summed E-state index contributed by atoms with van der Waals surface area (Å²) in [5, 5.41) is 10.8. The van der Waals surface area contributed by atoms with Crippen molar-refractivity contribution in [1.82, 2.24) is 5.32 Å². The minimum atomic E-state index is -2.77. The Balaban J connectivity index is 2.36. The van der Waals surface area contributed by atoms with Crippen LogP contribution in [0.1, 0.15) is 24.8 Å². The average Bonchev–Trinajstić information content (AvgIpc) is 2.43. The first-order valence-electron chi connectivity index (χ1n) is 6.51. The number of amides is 1. The van der Waals surface area contributed by atoms with E-state index in [-0.39, 0.29) is 6.42 Å². The van der Waals surface area contributed by atoms with E-state index in [1.165, 1.54) is 0 Å². The topological polar surface area (TPSA) is 66.4 Å². The number of nitrogens with one attached hydrogen (secondary N) is 1. The number of carbonyl (C=O) groups is 2. The number of hydrogen-bond acceptors (Lipinski definition) is 2. The third kappa shape index (κ3) is 7.20. The highest BCUT2D eigenvalue weighted by Gasteiger charge is 2.23. The van der Waals surface area contributed by atoms with Crippen molar-refractivity contribution in [2.75, 3.05) is 0 Å². The third-order valence-electron chi connectivity index (χ3n) is 2.70. The minimum Gasteiger partial charge on any atom is -0.480 e. The molecule has 0 aliphatic heterocycles. The SMILES string of the molecule is O=C(CC/C=C/c1ccccc1)NC(CC(F)F)C(=O)O. The van der Waals surface area contributed by atoms with Crippen LogP contribution in [-0.2, 0) is 9.59 Å². The van der Waals surface area contributed by atoms with Crippen molar-refractivity contribution in [3.63, 3.8) is 0 Å². The second-order valence-electron chi connectivity index (χ2n) is 4.44. The Morgan fingerprint density at radius 1 is 1.24 bits per heavy atom.